The smallest absolute Gasteiger partial charge is 0.312 e. The van der Waals surface area contributed by atoms with Gasteiger partial charge in [0.05, 0.1) is 20.1 Å². The van der Waals surface area contributed by atoms with Crippen LogP contribution in [0.15, 0.2) is 6.07 Å². The van der Waals surface area contributed by atoms with Crippen LogP contribution in [0.1, 0.15) is 11.5 Å². The van der Waals surface area contributed by atoms with Crippen molar-refractivity contribution in [2.75, 3.05) is 20.8 Å². The lowest BCUT2D eigenvalue weighted by molar-refractivity contribution is -0.138. The van der Waals surface area contributed by atoms with Crippen LogP contribution in [0.25, 0.3) is 0 Å². The SMILES string of the molecule is COc1cc(C(CN)C(=O)O)c(O)c(Cl)c1OC. The van der Waals surface area contributed by atoms with Crippen LogP contribution in [0, 0.1) is 0 Å². The van der Waals surface area contributed by atoms with Gasteiger partial charge in [-0.15, -0.1) is 0 Å². The minimum Gasteiger partial charge on any atom is -0.506 e. The Hall–Kier alpha value is -1.66. The fourth-order valence-electron chi connectivity index (χ4n) is 1.59. The number of carboxylic acid groups (broad SMARTS) is 1. The van der Waals surface area contributed by atoms with E-state index >= 15 is 0 Å². The van der Waals surface area contributed by atoms with E-state index in [1.807, 2.05) is 0 Å². The summed E-state index contributed by atoms with van der Waals surface area (Å²) in [4.78, 5) is 11.0. The molecule has 6 nitrogen and oxygen atoms in total. The lowest BCUT2D eigenvalue weighted by atomic mass is 9.97. The summed E-state index contributed by atoms with van der Waals surface area (Å²) in [6.07, 6.45) is 0. The predicted octanol–water partition coefficient (Wildman–Crippen LogP) is 1.19. The Morgan fingerprint density at radius 2 is 2.11 bits per heavy atom. The molecule has 18 heavy (non-hydrogen) atoms. The van der Waals surface area contributed by atoms with Crippen molar-refractivity contribution in [1.29, 1.82) is 0 Å². The number of phenolic OH excluding ortho intramolecular Hbond substituents is 1. The predicted molar refractivity (Wildman–Crippen MR) is 65.7 cm³/mol. The number of halogens is 1. The van der Waals surface area contributed by atoms with Crippen LogP contribution >= 0.6 is 11.6 Å². The number of carbonyl (C=O) groups is 1. The fraction of sp³-hybridized carbons (Fsp3) is 0.364. The Kier molecular flexibility index (Phi) is 4.63. The van der Waals surface area contributed by atoms with E-state index in [0.717, 1.165) is 0 Å². The third-order valence-electron chi connectivity index (χ3n) is 2.52. The molecule has 1 aromatic rings. The molecule has 4 N–H and O–H groups in total. The maximum atomic E-state index is 11.0. The van der Waals surface area contributed by atoms with Crippen LogP contribution in [-0.2, 0) is 4.79 Å². The van der Waals surface area contributed by atoms with Crippen molar-refractivity contribution in [3.8, 4) is 17.2 Å². The molecule has 0 bridgehead atoms. The van der Waals surface area contributed by atoms with Crippen molar-refractivity contribution in [1.82, 2.24) is 0 Å². The monoisotopic (exact) mass is 275 g/mol. The van der Waals surface area contributed by atoms with Gasteiger partial charge in [0.25, 0.3) is 0 Å². The van der Waals surface area contributed by atoms with Crippen molar-refractivity contribution in [3.63, 3.8) is 0 Å². The number of phenols is 1. The molecule has 0 aliphatic carbocycles. The van der Waals surface area contributed by atoms with E-state index in [2.05, 4.69) is 0 Å². The van der Waals surface area contributed by atoms with Gasteiger partial charge in [0, 0.05) is 12.1 Å². The van der Waals surface area contributed by atoms with Crippen LogP contribution < -0.4 is 15.2 Å². The van der Waals surface area contributed by atoms with E-state index < -0.39 is 11.9 Å². The van der Waals surface area contributed by atoms with E-state index in [4.69, 9.17) is 31.9 Å². The highest BCUT2D eigenvalue weighted by molar-refractivity contribution is 6.34. The number of hydrogen-bond acceptors (Lipinski definition) is 5. The van der Waals surface area contributed by atoms with Crippen LogP contribution in [0.2, 0.25) is 5.02 Å². The number of methoxy groups -OCH3 is 2. The van der Waals surface area contributed by atoms with Gasteiger partial charge in [-0.1, -0.05) is 11.6 Å². The van der Waals surface area contributed by atoms with Crippen molar-refractivity contribution < 1.29 is 24.5 Å². The molecule has 0 spiro atoms. The summed E-state index contributed by atoms with van der Waals surface area (Å²) in [6.45, 7) is -0.172. The summed E-state index contributed by atoms with van der Waals surface area (Å²) in [6, 6.07) is 1.35. The van der Waals surface area contributed by atoms with Crippen LogP contribution in [0.4, 0.5) is 0 Å². The number of benzene rings is 1. The number of nitrogens with two attached hydrogens (primary N) is 1. The lowest BCUT2D eigenvalue weighted by Gasteiger charge is -2.17. The summed E-state index contributed by atoms with van der Waals surface area (Å²) in [7, 11) is 2.74. The van der Waals surface area contributed by atoms with Crippen LogP contribution in [0.5, 0.6) is 17.2 Å². The molecule has 0 heterocycles. The Morgan fingerprint density at radius 1 is 1.50 bits per heavy atom. The third-order valence-corrected chi connectivity index (χ3v) is 2.87. The Bertz CT molecular complexity index is 463. The minimum absolute atomic E-state index is 0.0904. The normalized spacial score (nSPS) is 12.0. The van der Waals surface area contributed by atoms with E-state index in [9.17, 15) is 9.90 Å². The highest BCUT2D eigenvalue weighted by atomic mass is 35.5. The van der Waals surface area contributed by atoms with Gasteiger partial charge in [0.2, 0.25) is 0 Å². The summed E-state index contributed by atoms with van der Waals surface area (Å²) in [5.41, 5.74) is 5.47. The van der Waals surface area contributed by atoms with Gasteiger partial charge < -0.3 is 25.4 Å². The molecule has 100 valence electrons. The topological polar surface area (TPSA) is 102 Å². The van der Waals surface area contributed by atoms with Gasteiger partial charge in [0.1, 0.15) is 10.8 Å². The number of ether oxygens (including phenoxy) is 2. The number of carboxylic acids is 1. The first-order valence-electron chi connectivity index (χ1n) is 5.04. The first-order valence-corrected chi connectivity index (χ1v) is 5.41. The molecule has 0 aliphatic rings. The zero-order chi connectivity index (χ0) is 13.9. The zero-order valence-corrected chi connectivity index (χ0v) is 10.7. The molecular weight excluding hydrogens is 262 g/mol. The van der Waals surface area contributed by atoms with E-state index in [1.165, 1.54) is 20.3 Å². The minimum atomic E-state index is -1.16. The molecule has 0 radical (unpaired) electrons. The van der Waals surface area contributed by atoms with E-state index in [1.54, 1.807) is 0 Å². The summed E-state index contributed by atoms with van der Waals surface area (Å²) in [5.74, 6) is -2.22. The second-order valence-electron chi connectivity index (χ2n) is 3.49. The molecule has 0 saturated carbocycles. The molecule has 0 aliphatic heterocycles. The molecule has 0 aromatic heterocycles. The lowest BCUT2D eigenvalue weighted by Crippen LogP contribution is -2.21. The maximum absolute atomic E-state index is 11.0. The van der Waals surface area contributed by atoms with E-state index in [0.29, 0.717) is 0 Å². The summed E-state index contributed by atoms with van der Waals surface area (Å²) >= 11 is 5.90. The van der Waals surface area contributed by atoms with Crippen molar-refractivity contribution in [2.45, 2.75) is 5.92 Å². The molecule has 1 unspecified atom stereocenters. The quantitative estimate of drug-likeness (QED) is 0.746. The van der Waals surface area contributed by atoms with Gasteiger partial charge in [-0.3, -0.25) is 4.79 Å². The van der Waals surface area contributed by atoms with Gasteiger partial charge in [-0.25, -0.2) is 0 Å². The molecular formula is C11H14ClNO5. The molecule has 7 heteroatoms. The van der Waals surface area contributed by atoms with Gasteiger partial charge in [0.15, 0.2) is 11.5 Å². The number of hydrogen-bond donors (Lipinski definition) is 3. The average Bonchev–Trinajstić information content (AvgIpc) is 2.34. The van der Waals surface area contributed by atoms with Gasteiger partial charge >= 0.3 is 5.97 Å². The molecule has 0 saturated heterocycles. The Balaban J connectivity index is 3.46. The second-order valence-corrected chi connectivity index (χ2v) is 3.87. The molecule has 1 aromatic carbocycles. The Labute approximate surface area is 109 Å². The first kappa shape index (κ1) is 14.4. The number of rotatable bonds is 5. The fourth-order valence-corrected chi connectivity index (χ4v) is 1.87. The molecule has 1 rings (SSSR count). The number of aliphatic carboxylic acids is 1. The standard InChI is InChI=1S/C11H14ClNO5/c1-17-7-3-5(6(4-13)11(15)16)9(14)8(12)10(7)18-2/h3,6,14H,4,13H2,1-2H3,(H,15,16). The molecule has 0 amide bonds. The zero-order valence-electron chi connectivity index (χ0n) is 9.94. The second kappa shape index (κ2) is 5.79. The van der Waals surface area contributed by atoms with E-state index in [-0.39, 0.29) is 34.4 Å². The van der Waals surface area contributed by atoms with Crippen molar-refractivity contribution >= 4 is 17.6 Å². The first-order chi connectivity index (χ1) is 8.47. The highest BCUT2D eigenvalue weighted by Gasteiger charge is 2.26. The van der Waals surface area contributed by atoms with Gasteiger partial charge in [-0.2, -0.15) is 0 Å². The number of aromatic hydroxyl groups is 1. The molecule has 0 fully saturated rings. The summed E-state index contributed by atoms with van der Waals surface area (Å²) < 4.78 is 10.0. The van der Waals surface area contributed by atoms with Crippen molar-refractivity contribution in [2.24, 2.45) is 5.73 Å². The maximum Gasteiger partial charge on any atom is 0.312 e. The van der Waals surface area contributed by atoms with Crippen LogP contribution in [-0.4, -0.2) is 36.9 Å². The molecule has 1 atom stereocenters. The summed E-state index contributed by atoms with van der Waals surface area (Å²) in [5, 5.41) is 18.8. The highest BCUT2D eigenvalue weighted by Crippen LogP contribution is 2.45. The average molecular weight is 276 g/mol. The van der Waals surface area contributed by atoms with Crippen LogP contribution in [0.3, 0.4) is 0 Å². The van der Waals surface area contributed by atoms with Gasteiger partial charge in [-0.05, 0) is 6.07 Å². The van der Waals surface area contributed by atoms with Crippen molar-refractivity contribution in [3.05, 3.63) is 16.7 Å². The third kappa shape index (κ3) is 2.44. The Morgan fingerprint density at radius 3 is 2.50 bits per heavy atom. The largest absolute Gasteiger partial charge is 0.506 e.